The SMILES string of the molecule is CC1CC=CC(Cc2cccc(C3=CC(I)CC=C3)c2)C1. The van der Waals surface area contributed by atoms with E-state index in [9.17, 15) is 0 Å². The standard InChI is InChI=1S/C20H23I/c1-15-5-2-6-16(11-15)12-17-7-3-8-18(13-17)19-9-4-10-20(21)14-19/h2-4,6-9,13-16,20H,5,10-12H2,1H3. The van der Waals surface area contributed by atoms with Crippen LogP contribution in [0.25, 0.3) is 5.57 Å². The average molecular weight is 390 g/mol. The van der Waals surface area contributed by atoms with Gasteiger partial charge < -0.3 is 0 Å². The lowest BCUT2D eigenvalue weighted by Gasteiger charge is -2.22. The molecule has 0 heterocycles. The van der Waals surface area contributed by atoms with Crippen molar-refractivity contribution < 1.29 is 0 Å². The predicted octanol–water partition coefficient (Wildman–Crippen LogP) is 5.98. The second kappa shape index (κ2) is 6.95. The molecule has 0 fully saturated rings. The first-order chi connectivity index (χ1) is 10.2. The summed E-state index contributed by atoms with van der Waals surface area (Å²) in [5.41, 5.74) is 4.23. The Bertz CT molecular complexity index is 579. The van der Waals surface area contributed by atoms with Gasteiger partial charge in [0.25, 0.3) is 0 Å². The first-order valence-electron chi connectivity index (χ1n) is 7.99. The highest BCUT2D eigenvalue weighted by Crippen LogP contribution is 2.29. The molecule has 0 saturated carbocycles. The second-order valence-electron chi connectivity index (χ2n) is 6.45. The molecule has 0 amide bonds. The van der Waals surface area contributed by atoms with Crippen LogP contribution in [0.4, 0.5) is 0 Å². The maximum atomic E-state index is 2.52. The van der Waals surface area contributed by atoms with E-state index in [1.54, 1.807) is 0 Å². The van der Waals surface area contributed by atoms with Gasteiger partial charge in [-0.25, -0.2) is 0 Å². The Balaban J connectivity index is 1.76. The molecule has 0 spiro atoms. The van der Waals surface area contributed by atoms with Crippen LogP contribution in [-0.4, -0.2) is 3.92 Å². The molecule has 21 heavy (non-hydrogen) atoms. The minimum Gasteiger partial charge on any atom is -0.0880 e. The van der Waals surface area contributed by atoms with Crippen molar-refractivity contribution in [2.24, 2.45) is 11.8 Å². The number of halogens is 1. The Morgan fingerprint density at radius 3 is 2.90 bits per heavy atom. The maximum Gasteiger partial charge on any atom is 0.0332 e. The van der Waals surface area contributed by atoms with Crippen molar-refractivity contribution in [2.45, 2.75) is 36.5 Å². The minimum absolute atomic E-state index is 0.633. The van der Waals surface area contributed by atoms with E-state index in [0.717, 1.165) is 18.3 Å². The van der Waals surface area contributed by atoms with Crippen LogP contribution in [0.2, 0.25) is 0 Å². The van der Waals surface area contributed by atoms with Crippen molar-refractivity contribution in [1.29, 1.82) is 0 Å². The van der Waals surface area contributed by atoms with Crippen LogP contribution in [-0.2, 0) is 6.42 Å². The lowest BCUT2D eigenvalue weighted by Crippen LogP contribution is -2.11. The predicted molar refractivity (Wildman–Crippen MR) is 101 cm³/mol. The molecule has 0 N–H and O–H groups in total. The van der Waals surface area contributed by atoms with E-state index in [1.165, 1.54) is 36.0 Å². The van der Waals surface area contributed by atoms with Gasteiger partial charge in [-0.3, -0.25) is 0 Å². The highest BCUT2D eigenvalue weighted by molar-refractivity contribution is 14.1. The Hall–Kier alpha value is -0.830. The van der Waals surface area contributed by atoms with Crippen molar-refractivity contribution in [3.63, 3.8) is 0 Å². The molecule has 2 aliphatic carbocycles. The molecule has 1 aromatic rings. The van der Waals surface area contributed by atoms with Crippen molar-refractivity contribution in [1.82, 2.24) is 0 Å². The molecule has 0 radical (unpaired) electrons. The van der Waals surface area contributed by atoms with Crippen molar-refractivity contribution in [3.05, 3.63) is 65.8 Å². The van der Waals surface area contributed by atoms with Crippen molar-refractivity contribution >= 4 is 28.2 Å². The van der Waals surface area contributed by atoms with Crippen LogP contribution in [0, 0.1) is 11.8 Å². The molecule has 0 aliphatic heterocycles. The molecule has 3 atom stereocenters. The van der Waals surface area contributed by atoms with Gasteiger partial charge in [-0.15, -0.1) is 0 Å². The number of allylic oxidation sites excluding steroid dienone is 6. The molecular weight excluding hydrogens is 367 g/mol. The Morgan fingerprint density at radius 2 is 2.10 bits per heavy atom. The zero-order valence-corrected chi connectivity index (χ0v) is 14.8. The van der Waals surface area contributed by atoms with Crippen LogP contribution in [0.1, 0.15) is 37.3 Å². The number of hydrogen-bond acceptors (Lipinski definition) is 0. The summed E-state index contributed by atoms with van der Waals surface area (Å²) in [6.07, 6.45) is 16.7. The molecule has 0 saturated heterocycles. The second-order valence-corrected chi connectivity index (χ2v) is 8.05. The average Bonchev–Trinajstić information content (AvgIpc) is 2.47. The van der Waals surface area contributed by atoms with E-state index in [4.69, 9.17) is 0 Å². The molecule has 1 aromatic carbocycles. The zero-order chi connectivity index (χ0) is 14.7. The maximum absolute atomic E-state index is 2.52. The summed E-state index contributed by atoms with van der Waals surface area (Å²) in [5.74, 6) is 1.56. The number of alkyl halides is 1. The van der Waals surface area contributed by atoms with E-state index in [-0.39, 0.29) is 0 Å². The van der Waals surface area contributed by atoms with Crippen molar-refractivity contribution in [3.8, 4) is 0 Å². The molecule has 110 valence electrons. The van der Waals surface area contributed by atoms with Gasteiger partial charge in [-0.1, -0.05) is 84.2 Å². The van der Waals surface area contributed by atoms with Gasteiger partial charge in [0.1, 0.15) is 0 Å². The quantitative estimate of drug-likeness (QED) is 0.339. The lowest BCUT2D eigenvalue weighted by molar-refractivity contribution is 0.425. The minimum atomic E-state index is 0.633. The molecular formula is C20H23I. The summed E-state index contributed by atoms with van der Waals surface area (Å²) in [6.45, 7) is 2.37. The summed E-state index contributed by atoms with van der Waals surface area (Å²) >= 11 is 2.52. The highest BCUT2D eigenvalue weighted by Gasteiger charge is 2.15. The summed E-state index contributed by atoms with van der Waals surface area (Å²) in [5, 5.41) is 0. The van der Waals surface area contributed by atoms with Gasteiger partial charge in [0.2, 0.25) is 0 Å². The number of hydrogen-bond donors (Lipinski definition) is 0. The van der Waals surface area contributed by atoms with Gasteiger partial charge in [0, 0.05) is 3.92 Å². The fraction of sp³-hybridized carbons (Fsp3) is 0.400. The molecule has 0 nitrogen and oxygen atoms in total. The number of benzene rings is 1. The third-order valence-electron chi connectivity index (χ3n) is 4.43. The normalized spacial score (nSPS) is 28.5. The van der Waals surface area contributed by atoms with Gasteiger partial charge in [0.15, 0.2) is 0 Å². The first-order valence-corrected chi connectivity index (χ1v) is 9.23. The van der Waals surface area contributed by atoms with Gasteiger partial charge >= 0.3 is 0 Å². The molecule has 3 unspecified atom stereocenters. The van der Waals surface area contributed by atoms with Gasteiger partial charge in [0.05, 0.1) is 0 Å². The molecule has 0 bridgehead atoms. The third-order valence-corrected chi connectivity index (χ3v) is 5.30. The zero-order valence-electron chi connectivity index (χ0n) is 12.6. The fourth-order valence-electron chi connectivity index (χ4n) is 3.36. The van der Waals surface area contributed by atoms with Gasteiger partial charge in [-0.2, -0.15) is 0 Å². The smallest absolute Gasteiger partial charge is 0.0332 e. The van der Waals surface area contributed by atoms with Crippen LogP contribution in [0.3, 0.4) is 0 Å². The third kappa shape index (κ3) is 4.09. The monoisotopic (exact) mass is 390 g/mol. The molecule has 1 heteroatoms. The Morgan fingerprint density at radius 1 is 1.19 bits per heavy atom. The van der Waals surface area contributed by atoms with E-state index in [2.05, 4.69) is 84.2 Å². The number of rotatable bonds is 3. The van der Waals surface area contributed by atoms with Crippen LogP contribution >= 0.6 is 22.6 Å². The largest absolute Gasteiger partial charge is 0.0880 e. The Labute approximate surface area is 142 Å². The topological polar surface area (TPSA) is 0 Å². The van der Waals surface area contributed by atoms with Crippen LogP contribution in [0.5, 0.6) is 0 Å². The van der Waals surface area contributed by atoms with Gasteiger partial charge in [-0.05, 0) is 54.2 Å². The summed E-state index contributed by atoms with van der Waals surface area (Å²) in [6, 6.07) is 9.13. The van der Waals surface area contributed by atoms with Crippen LogP contribution < -0.4 is 0 Å². The summed E-state index contributed by atoms with van der Waals surface area (Å²) in [4.78, 5) is 0. The van der Waals surface area contributed by atoms with Crippen molar-refractivity contribution in [2.75, 3.05) is 0 Å². The van der Waals surface area contributed by atoms with Crippen LogP contribution in [0.15, 0.2) is 54.6 Å². The molecule has 2 aliphatic rings. The lowest BCUT2D eigenvalue weighted by atomic mass is 9.84. The van der Waals surface area contributed by atoms with E-state index in [0.29, 0.717) is 3.92 Å². The van der Waals surface area contributed by atoms with E-state index >= 15 is 0 Å². The first kappa shape index (κ1) is 15.1. The molecule has 0 aromatic heterocycles. The highest BCUT2D eigenvalue weighted by atomic mass is 127. The summed E-state index contributed by atoms with van der Waals surface area (Å²) < 4.78 is 0.633. The molecule has 3 rings (SSSR count). The Kier molecular flexibility index (Phi) is 4.99. The summed E-state index contributed by atoms with van der Waals surface area (Å²) in [7, 11) is 0. The van der Waals surface area contributed by atoms with E-state index in [1.807, 2.05) is 0 Å². The van der Waals surface area contributed by atoms with E-state index < -0.39 is 0 Å². The fourth-order valence-corrected chi connectivity index (χ4v) is 4.04.